The summed E-state index contributed by atoms with van der Waals surface area (Å²) < 4.78 is 11.6. The molecule has 11 heteroatoms. The van der Waals surface area contributed by atoms with Crippen molar-refractivity contribution in [3.8, 4) is 11.5 Å². The number of anilines is 1. The van der Waals surface area contributed by atoms with Crippen LogP contribution in [0.5, 0.6) is 11.5 Å². The van der Waals surface area contributed by atoms with Crippen LogP contribution in [0.4, 0.5) is 10.5 Å². The normalized spacial score (nSPS) is 14.2. The van der Waals surface area contributed by atoms with E-state index in [2.05, 4.69) is 5.32 Å². The number of halogens is 4. The molecule has 0 atom stereocenters. The van der Waals surface area contributed by atoms with Gasteiger partial charge in [0.25, 0.3) is 11.8 Å². The maximum absolute atomic E-state index is 13.3. The largest absolute Gasteiger partial charge is 0.489 e. The van der Waals surface area contributed by atoms with Crippen LogP contribution in [0.1, 0.15) is 16.7 Å². The summed E-state index contributed by atoms with van der Waals surface area (Å²) >= 11 is 24.4. The lowest BCUT2D eigenvalue weighted by Gasteiger charge is -2.26. The predicted molar refractivity (Wildman–Crippen MR) is 163 cm³/mol. The lowest BCUT2D eigenvalue weighted by atomic mass is 10.1. The zero-order valence-electron chi connectivity index (χ0n) is 21.6. The van der Waals surface area contributed by atoms with Crippen molar-refractivity contribution in [1.82, 2.24) is 5.32 Å². The van der Waals surface area contributed by atoms with E-state index in [9.17, 15) is 14.4 Å². The summed E-state index contributed by atoms with van der Waals surface area (Å²) in [5, 5.41) is 4.10. The molecule has 0 aliphatic carbocycles. The Kier molecular flexibility index (Phi) is 9.04. The molecule has 0 bridgehead atoms. The topological polar surface area (TPSA) is 84.9 Å². The van der Waals surface area contributed by atoms with Crippen molar-refractivity contribution in [2.24, 2.45) is 0 Å². The molecule has 0 spiro atoms. The second kappa shape index (κ2) is 12.9. The van der Waals surface area contributed by atoms with Gasteiger partial charge >= 0.3 is 6.03 Å². The summed E-state index contributed by atoms with van der Waals surface area (Å²) in [5.74, 6) is -0.704. The average Bonchev–Trinajstić information content (AvgIpc) is 2.96. The molecule has 0 radical (unpaired) electrons. The van der Waals surface area contributed by atoms with Gasteiger partial charge in [0.15, 0.2) is 0 Å². The van der Waals surface area contributed by atoms with Crippen LogP contribution in [0.2, 0.25) is 20.1 Å². The first-order chi connectivity index (χ1) is 20.2. The van der Waals surface area contributed by atoms with E-state index in [1.165, 1.54) is 18.2 Å². The fourth-order valence-electron chi connectivity index (χ4n) is 4.02. The average molecular weight is 642 g/mol. The summed E-state index contributed by atoms with van der Waals surface area (Å²) in [6.07, 6.45) is 1.36. The third-order valence-electron chi connectivity index (χ3n) is 6.18. The van der Waals surface area contributed by atoms with Crippen molar-refractivity contribution in [2.45, 2.75) is 13.2 Å². The van der Waals surface area contributed by atoms with Crippen LogP contribution in [0, 0.1) is 0 Å². The highest BCUT2D eigenvalue weighted by Crippen LogP contribution is 2.30. The number of rotatable bonds is 8. The van der Waals surface area contributed by atoms with Crippen LogP contribution < -0.4 is 19.7 Å². The van der Waals surface area contributed by atoms with E-state index in [1.54, 1.807) is 60.7 Å². The van der Waals surface area contributed by atoms with E-state index in [1.807, 2.05) is 12.1 Å². The number of urea groups is 1. The van der Waals surface area contributed by atoms with E-state index in [4.69, 9.17) is 55.9 Å². The van der Waals surface area contributed by atoms with Crippen molar-refractivity contribution >= 4 is 76.0 Å². The van der Waals surface area contributed by atoms with Crippen LogP contribution in [0.25, 0.3) is 6.08 Å². The van der Waals surface area contributed by atoms with Crippen LogP contribution >= 0.6 is 46.4 Å². The number of hydrogen-bond donors (Lipinski definition) is 1. The van der Waals surface area contributed by atoms with Gasteiger partial charge in [-0.1, -0.05) is 70.7 Å². The molecule has 212 valence electrons. The molecule has 5 rings (SSSR count). The van der Waals surface area contributed by atoms with E-state index >= 15 is 0 Å². The fourth-order valence-corrected chi connectivity index (χ4v) is 4.85. The second-order valence-electron chi connectivity index (χ2n) is 9.08. The molecule has 4 aromatic rings. The first-order valence-electron chi connectivity index (χ1n) is 12.4. The number of barbiturate groups is 1. The van der Waals surface area contributed by atoms with Crippen molar-refractivity contribution in [1.29, 1.82) is 0 Å². The third kappa shape index (κ3) is 6.89. The highest BCUT2D eigenvalue weighted by atomic mass is 35.5. The van der Waals surface area contributed by atoms with Crippen molar-refractivity contribution in [3.63, 3.8) is 0 Å². The zero-order chi connectivity index (χ0) is 29.8. The van der Waals surface area contributed by atoms with Crippen LogP contribution in [-0.4, -0.2) is 17.8 Å². The van der Waals surface area contributed by atoms with Crippen molar-refractivity contribution in [2.75, 3.05) is 4.90 Å². The Morgan fingerprint density at radius 3 is 2.12 bits per heavy atom. The van der Waals surface area contributed by atoms with Crippen LogP contribution in [0.3, 0.4) is 0 Å². The molecule has 0 aromatic heterocycles. The summed E-state index contributed by atoms with van der Waals surface area (Å²) in [7, 11) is 0. The quantitative estimate of drug-likeness (QED) is 0.155. The number of benzene rings is 4. The Hall–Kier alpha value is -4.01. The second-order valence-corrected chi connectivity index (χ2v) is 10.8. The van der Waals surface area contributed by atoms with Gasteiger partial charge in [0, 0.05) is 20.6 Å². The molecule has 1 fully saturated rings. The lowest BCUT2D eigenvalue weighted by molar-refractivity contribution is -0.122. The molecule has 4 aromatic carbocycles. The standard InChI is InChI=1S/C31H20Cl4N2O5/c32-21-5-1-18(2-6-21)16-42-28-12-3-19(14-27(28)35)13-25-29(38)36-31(40)37(30(25)39)23-8-10-24(11-9-23)41-17-20-4-7-22(33)15-26(20)34/h1-15H,16-17H2,(H,36,38,40)/b25-13+. The SMILES string of the molecule is O=C1NC(=O)N(c2ccc(OCc3ccc(Cl)cc3Cl)cc2)C(=O)/C1=C/c1ccc(OCc2ccc(Cl)cc2)c(Cl)c1. The predicted octanol–water partition coefficient (Wildman–Crippen LogP) is 8.12. The Balaban J connectivity index is 1.28. The first-order valence-corrected chi connectivity index (χ1v) is 13.9. The molecule has 1 heterocycles. The zero-order valence-corrected chi connectivity index (χ0v) is 24.6. The van der Waals surface area contributed by atoms with Crippen molar-refractivity contribution in [3.05, 3.63) is 127 Å². The molecular weight excluding hydrogens is 622 g/mol. The lowest BCUT2D eigenvalue weighted by Crippen LogP contribution is -2.54. The number of hydrogen-bond acceptors (Lipinski definition) is 5. The van der Waals surface area contributed by atoms with Gasteiger partial charge in [-0.2, -0.15) is 0 Å². The summed E-state index contributed by atoms with van der Waals surface area (Å²) in [6.45, 7) is 0.460. The number of carbonyl (C=O) groups is 3. The minimum atomic E-state index is -0.868. The minimum Gasteiger partial charge on any atom is -0.489 e. The van der Waals surface area contributed by atoms with Gasteiger partial charge in [0.2, 0.25) is 0 Å². The van der Waals surface area contributed by atoms with E-state index in [-0.39, 0.29) is 29.5 Å². The highest BCUT2D eigenvalue weighted by Gasteiger charge is 2.36. The molecule has 0 saturated carbocycles. The van der Waals surface area contributed by atoms with Gasteiger partial charge in [-0.25, -0.2) is 9.69 Å². The molecule has 1 saturated heterocycles. The maximum atomic E-state index is 13.3. The number of nitrogens with one attached hydrogen (secondary N) is 1. The Morgan fingerprint density at radius 2 is 1.43 bits per heavy atom. The van der Waals surface area contributed by atoms with Gasteiger partial charge < -0.3 is 9.47 Å². The fraction of sp³-hybridized carbons (Fsp3) is 0.0645. The monoisotopic (exact) mass is 640 g/mol. The molecule has 4 amide bonds. The molecular formula is C31H20Cl4N2O5. The number of imide groups is 2. The van der Waals surface area contributed by atoms with E-state index < -0.39 is 17.8 Å². The van der Waals surface area contributed by atoms with Crippen molar-refractivity contribution < 1.29 is 23.9 Å². The number of amides is 4. The van der Waals surface area contributed by atoms with Gasteiger partial charge in [0.1, 0.15) is 30.3 Å². The van der Waals surface area contributed by atoms with Gasteiger partial charge in [-0.3, -0.25) is 14.9 Å². The Labute approximate surface area is 261 Å². The number of nitrogens with zero attached hydrogens (tertiary/aromatic N) is 1. The first kappa shape index (κ1) is 29.5. The minimum absolute atomic E-state index is 0.188. The van der Waals surface area contributed by atoms with E-state index in [0.29, 0.717) is 32.1 Å². The molecule has 0 unspecified atom stereocenters. The van der Waals surface area contributed by atoms with E-state index in [0.717, 1.165) is 16.0 Å². The summed E-state index contributed by atoms with van der Waals surface area (Å²) in [4.78, 5) is 39.4. The molecule has 1 N–H and O–H groups in total. The number of ether oxygens (including phenoxy) is 2. The molecule has 7 nitrogen and oxygen atoms in total. The van der Waals surface area contributed by atoms with Gasteiger partial charge in [0.05, 0.1) is 10.7 Å². The maximum Gasteiger partial charge on any atom is 0.335 e. The highest BCUT2D eigenvalue weighted by molar-refractivity contribution is 6.39. The Bertz CT molecular complexity index is 1710. The molecule has 42 heavy (non-hydrogen) atoms. The number of carbonyl (C=O) groups excluding carboxylic acids is 3. The van der Waals surface area contributed by atoms with Gasteiger partial charge in [-0.15, -0.1) is 0 Å². The molecule has 1 aliphatic heterocycles. The smallest absolute Gasteiger partial charge is 0.335 e. The Morgan fingerprint density at radius 1 is 0.714 bits per heavy atom. The van der Waals surface area contributed by atoms with Crippen LogP contribution in [-0.2, 0) is 22.8 Å². The summed E-state index contributed by atoms with van der Waals surface area (Å²) in [6, 6.07) is 22.5. The van der Waals surface area contributed by atoms with Gasteiger partial charge in [-0.05, 0) is 77.9 Å². The summed E-state index contributed by atoms with van der Waals surface area (Å²) in [5.41, 5.74) is 2.12. The van der Waals surface area contributed by atoms with Crippen LogP contribution in [0.15, 0.2) is 90.5 Å². The molecule has 1 aliphatic rings. The third-order valence-corrected chi connectivity index (χ3v) is 7.31.